The SMILES string of the molecule is CCNc1nc(N(C)C(C)COC)nc(-n2ccnc2)n1. The van der Waals surface area contributed by atoms with Crippen molar-refractivity contribution in [3.05, 3.63) is 18.7 Å². The molecule has 2 heterocycles. The molecule has 21 heavy (non-hydrogen) atoms. The lowest BCUT2D eigenvalue weighted by atomic mass is 10.3. The fourth-order valence-corrected chi connectivity index (χ4v) is 1.79. The van der Waals surface area contributed by atoms with Gasteiger partial charge in [-0.3, -0.25) is 4.57 Å². The van der Waals surface area contributed by atoms with Crippen LogP contribution < -0.4 is 10.2 Å². The van der Waals surface area contributed by atoms with Gasteiger partial charge in [0.1, 0.15) is 6.33 Å². The van der Waals surface area contributed by atoms with E-state index in [0.29, 0.717) is 24.5 Å². The summed E-state index contributed by atoms with van der Waals surface area (Å²) in [7, 11) is 3.62. The lowest BCUT2D eigenvalue weighted by Crippen LogP contribution is -2.34. The van der Waals surface area contributed by atoms with Crippen LogP contribution in [0.1, 0.15) is 13.8 Å². The number of anilines is 2. The number of rotatable bonds is 7. The zero-order valence-corrected chi connectivity index (χ0v) is 12.8. The molecule has 0 fully saturated rings. The van der Waals surface area contributed by atoms with Crippen molar-refractivity contribution >= 4 is 11.9 Å². The van der Waals surface area contributed by atoms with Crippen LogP contribution in [0.15, 0.2) is 18.7 Å². The minimum absolute atomic E-state index is 0.155. The van der Waals surface area contributed by atoms with Crippen molar-refractivity contribution in [3.63, 3.8) is 0 Å². The van der Waals surface area contributed by atoms with Crippen LogP contribution in [0.5, 0.6) is 0 Å². The first-order valence-corrected chi connectivity index (χ1v) is 6.85. The van der Waals surface area contributed by atoms with Gasteiger partial charge in [-0.05, 0) is 13.8 Å². The van der Waals surface area contributed by atoms with Gasteiger partial charge >= 0.3 is 0 Å². The van der Waals surface area contributed by atoms with Crippen molar-refractivity contribution in [3.8, 4) is 5.95 Å². The van der Waals surface area contributed by atoms with E-state index in [2.05, 4.69) is 32.2 Å². The number of aromatic nitrogens is 5. The maximum absolute atomic E-state index is 5.18. The third kappa shape index (κ3) is 3.66. The lowest BCUT2D eigenvalue weighted by Gasteiger charge is -2.24. The van der Waals surface area contributed by atoms with Gasteiger partial charge in [0, 0.05) is 33.1 Å². The summed E-state index contributed by atoms with van der Waals surface area (Å²) >= 11 is 0. The van der Waals surface area contributed by atoms with E-state index in [9.17, 15) is 0 Å². The highest BCUT2D eigenvalue weighted by Gasteiger charge is 2.16. The van der Waals surface area contributed by atoms with Crippen LogP contribution >= 0.6 is 0 Å². The number of ether oxygens (including phenoxy) is 1. The van der Waals surface area contributed by atoms with E-state index >= 15 is 0 Å². The van der Waals surface area contributed by atoms with Crippen LogP contribution in [0, 0.1) is 0 Å². The molecule has 0 saturated heterocycles. The monoisotopic (exact) mass is 291 g/mol. The minimum atomic E-state index is 0.155. The Hall–Kier alpha value is -2.22. The molecule has 0 spiro atoms. The molecule has 0 amide bonds. The van der Waals surface area contributed by atoms with Crippen molar-refractivity contribution in [2.24, 2.45) is 0 Å². The highest BCUT2D eigenvalue weighted by Crippen LogP contribution is 2.14. The first-order chi connectivity index (χ1) is 10.2. The molecule has 8 heteroatoms. The van der Waals surface area contributed by atoms with Gasteiger partial charge in [-0.25, -0.2) is 4.98 Å². The van der Waals surface area contributed by atoms with E-state index < -0.39 is 0 Å². The van der Waals surface area contributed by atoms with E-state index in [-0.39, 0.29) is 6.04 Å². The van der Waals surface area contributed by atoms with E-state index in [1.54, 1.807) is 30.4 Å². The Morgan fingerprint density at radius 3 is 2.81 bits per heavy atom. The number of hydrogen-bond donors (Lipinski definition) is 1. The Morgan fingerprint density at radius 2 is 2.19 bits per heavy atom. The summed E-state index contributed by atoms with van der Waals surface area (Å²) in [6.07, 6.45) is 5.15. The smallest absolute Gasteiger partial charge is 0.241 e. The molecule has 0 aromatic carbocycles. The van der Waals surface area contributed by atoms with Crippen LogP contribution in [0.25, 0.3) is 5.95 Å². The van der Waals surface area contributed by atoms with Gasteiger partial charge < -0.3 is 15.0 Å². The Kier molecular flexibility index (Phi) is 5.04. The highest BCUT2D eigenvalue weighted by molar-refractivity contribution is 5.40. The molecular weight excluding hydrogens is 270 g/mol. The van der Waals surface area contributed by atoms with Gasteiger partial charge in [0.05, 0.1) is 12.6 Å². The quantitative estimate of drug-likeness (QED) is 0.813. The molecule has 2 aromatic rings. The summed E-state index contributed by atoms with van der Waals surface area (Å²) in [5.41, 5.74) is 0. The topological polar surface area (TPSA) is 81.0 Å². The molecule has 0 radical (unpaired) electrons. The van der Waals surface area contributed by atoms with Crippen molar-refractivity contribution < 1.29 is 4.74 Å². The zero-order valence-electron chi connectivity index (χ0n) is 12.8. The molecule has 0 saturated carbocycles. The van der Waals surface area contributed by atoms with Crippen molar-refractivity contribution in [2.45, 2.75) is 19.9 Å². The second-order valence-corrected chi connectivity index (χ2v) is 4.67. The fraction of sp³-hybridized carbons (Fsp3) is 0.538. The molecule has 1 atom stereocenters. The first-order valence-electron chi connectivity index (χ1n) is 6.85. The third-order valence-electron chi connectivity index (χ3n) is 3.07. The minimum Gasteiger partial charge on any atom is -0.383 e. The second kappa shape index (κ2) is 6.98. The average molecular weight is 291 g/mol. The molecule has 8 nitrogen and oxygen atoms in total. The number of imidazole rings is 1. The predicted octanol–water partition coefficient (Wildman–Crippen LogP) is 0.960. The average Bonchev–Trinajstić information content (AvgIpc) is 3.01. The summed E-state index contributed by atoms with van der Waals surface area (Å²) in [5.74, 6) is 1.67. The maximum Gasteiger partial charge on any atom is 0.241 e. The Balaban J connectivity index is 2.36. The lowest BCUT2D eigenvalue weighted by molar-refractivity contribution is 0.183. The molecule has 1 N–H and O–H groups in total. The van der Waals surface area contributed by atoms with Gasteiger partial charge in [0.25, 0.3) is 0 Å². The molecule has 0 aliphatic heterocycles. The van der Waals surface area contributed by atoms with Crippen LogP contribution in [0.3, 0.4) is 0 Å². The number of nitrogens with zero attached hydrogens (tertiary/aromatic N) is 6. The first kappa shape index (κ1) is 15.2. The molecule has 0 aliphatic rings. The Labute approximate surface area is 124 Å². The van der Waals surface area contributed by atoms with E-state index in [1.807, 2.05) is 18.9 Å². The number of likely N-dealkylation sites (N-methyl/N-ethyl adjacent to an activating group) is 1. The van der Waals surface area contributed by atoms with E-state index in [4.69, 9.17) is 4.74 Å². The van der Waals surface area contributed by atoms with Crippen LogP contribution in [-0.2, 0) is 4.74 Å². The zero-order chi connectivity index (χ0) is 15.2. The largest absolute Gasteiger partial charge is 0.383 e. The highest BCUT2D eigenvalue weighted by atomic mass is 16.5. The van der Waals surface area contributed by atoms with E-state index in [0.717, 1.165) is 6.54 Å². The van der Waals surface area contributed by atoms with Gasteiger partial charge in [-0.1, -0.05) is 0 Å². The number of nitrogens with one attached hydrogen (secondary N) is 1. The predicted molar refractivity (Wildman–Crippen MR) is 80.9 cm³/mol. The fourth-order valence-electron chi connectivity index (χ4n) is 1.79. The molecular formula is C13H21N7O. The maximum atomic E-state index is 5.18. The van der Waals surface area contributed by atoms with Crippen molar-refractivity contribution in [1.82, 2.24) is 24.5 Å². The summed E-state index contributed by atoms with van der Waals surface area (Å²) < 4.78 is 6.93. The second-order valence-electron chi connectivity index (χ2n) is 4.67. The van der Waals surface area contributed by atoms with E-state index in [1.165, 1.54) is 0 Å². The molecule has 0 aliphatic carbocycles. The molecule has 1 unspecified atom stereocenters. The van der Waals surface area contributed by atoms with Crippen LogP contribution in [-0.4, -0.2) is 57.9 Å². The molecule has 2 rings (SSSR count). The number of methoxy groups -OCH3 is 1. The molecule has 0 bridgehead atoms. The standard InChI is InChI=1S/C13H21N7O/c1-5-15-11-16-12(19(3)10(2)8-21-4)18-13(17-11)20-7-6-14-9-20/h6-7,9-10H,5,8H2,1-4H3,(H,15,16,17,18). The molecule has 2 aromatic heterocycles. The van der Waals surface area contributed by atoms with Gasteiger partial charge in [-0.2, -0.15) is 15.0 Å². The number of hydrogen-bond acceptors (Lipinski definition) is 7. The van der Waals surface area contributed by atoms with Crippen LogP contribution in [0.4, 0.5) is 11.9 Å². The van der Waals surface area contributed by atoms with Gasteiger partial charge in [0.15, 0.2) is 0 Å². The summed E-state index contributed by atoms with van der Waals surface area (Å²) in [4.78, 5) is 19.3. The Morgan fingerprint density at radius 1 is 1.38 bits per heavy atom. The van der Waals surface area contributed by atoms with Crippen molar-refractivity contribution in [1.29, 1.82) is 0 Å². The summed E-state index contributed by atoms with van der Waals surface area (Å²) in [6, 6.07) is 0.155. The molecule has 114 valence electrons. The van der Waals surface area contributed by atoms with Crippen molar-refractivity contribution in [2.75, 3.05) is 37.5 Å². The van der Waals surface area contributed by atoms with Gasteiger partial charge in [-0.15, -0.1) is 0 Å². The van der Waals surface area contributed by atoms with Gasteiger partial charge in [0.2, 0.25) is 17.8 Å². The summed E-state index contributed by atoms with van der Waals surface area (Å²) in [5, 5.41) is 3.12. The third-order valence-corrected chi connectivity index (χ3v) is 3.07. The van der Waals surface area contributed by atoms with Crippen LogP contribution in [0.2, 0.25) is 0 Å². The Bertz CT molecular complexity index is 558. The normalized spacial score (nSPS) is 12.2. The summed E-state index contributed by atoms with van der Waals surface area (Å²) in [6.45, 7) is 5.39.